The van der Waals surface area contributed by atoms with E-state index in [9.17, 15) is 9.59 Å². The van der Waals surface area contributed by atoms with Gasteiger partial charge in [-0.15, -0.1) is 0 Å². The highest BCUT2D eigenvalue weighted by Gasteiger charge is 2.15. The number of amides is 1. The fourth-order valence-corrected chi connectivity index (χ4v) is 3.98. The van der Waals surface area contributed by atoms with E-state index in [0.717, 1.165) is 10.0 Å². The van der Waals surface area contributed by atoms with Gasteiger partial charge in [0.05, 0.1) is 22.7 Å². The van der Waals surface area contributed by atoms with Crippen LogP contribution in [0.25, 0.3) is 0 Å². The second kappa shape index (κ2) is 10.5. The quantitative estimate of drug-likeness (QED) is 0.183. The summed E-state index contributed by atoms with van der Waals surface area (Å²) in [6.45, 7) is 0. The number of benzene rings is 3. The van der Waals surface area contributed by atoms with Crippen LogP contribution in [0.2, 0.25) is 5.02 Å². The van der Waals surface area contributed by atoms with Crippen LogP contribution in [0.4, 0.5) is 0 Å². The summed E-state index contributed by atoms with van der Waals surface area (Å²) in [4.78, 5) is 24.5. The van der Waals surface area contributed by atoms with E-state index >= 15 is 0 Å². The Morgan fingerprint density at radius 1 is 1.03 bits per heavy atom. The Morgan fingerprint density at radius 3 is 2.43 bits per heavy atom. The van der Waals surface area contributed by atoms with Crippen LogP contribution in [-0.4, -0.2) is 18.1 Å². The number of rotatable bonds is 6. The molecule has 152 valence electrons. The zero-order valence-electron chi connectivity index (χ0n) is 15.4. The van der Waals surface area contributed by atoms with E-state index in [0.29, 0.717) is 26.4 Å². The maximum atomic E-state index is 12.4. The molecule has 0 bridgehead atoms. The lowest BCUT2D eigenvalue weighted by atomic mass is 10.1. The summed E-state index contributed by atoms with van der Waals surface area (Å²) < 4.78 is 6.88. The van der Waals surface area contributed by atoms with E-state index in [1.807, 2.05) is 6.07 Å². The monoisotopic (exact) mass is 548 g/mol. The van der Waals surface area contributed by atoms with Crippen molar-refractivity contribution in [2.75, 3.05) is 0 Å². The average Bonchev–Trinajstić information content (AvgIpc) is 2.72. The van der Waals surface area contributed by atoms with Gasteiger partial charge < -0.3 is 4.74 Å². The van der Waals surface area contributed by atoms with Crippen LogP contribution in [-0.2, 0) is 11.2 Å². The second-order valence-electron chi connectivity index (χ2n) is 6.16. The molecule has 0 unspecified atom stereocenters. The first kappa shape index (κ1) is 22.2. The van der Waals surface area contributed by atoms with Crippen molar-refractivity contribution in [2.45, 2.75) is 6.42 Å². The Bertz CT molecular complexity index is 1090. The summed E-state index contributed by atoms with van der Waals surface area (Å²) in [5.74, 6) is -0.492. The summed E-state index contributed by atoms with van der Waals surface area (Å²) in [6, 6.07) is 19.1. The molecule has 0 aliphatic rings. The van der Waals surface area contributed by atoms with Crippen molar-refractivity contribution in [1.29, 1.82) is 0 Å². The molecule has 0 aromatic heterocycles. The first-order valence-electron chi connectivity index (χ1n) is 8.75. The van der Waals surface area contributed by atoms with Crippen LogP contribution >= 0.6 is 43.5 Å². The predicted molar refractivity (Wildman–Crippen MR) is 124 cm³/mol. The van der Waals surface area contributed by atoms with Crippen LogP contribution in [0.1, 0.15) is 21.5 Å². The molecule has 0 radical (unpaired) electrons. The molecule has 1 N–H and O–H groups in total. The van der Waals surface area contributed by atoms with Crippen LogP contribution in [0, 0.1) is 0 Å². The van der Waals surface area contributed by atoms with Gasteiger partial charge in [0.2, 0.25) is 5.91 Å². The van der Waals surface area contributed by atoms with Crippen LogP contribution in [0.3, 0.4) is 0 Å². The third kappa shape index (κ3) is 6.26. The molecule has 3 aromatic carbocycles. The number of hydrogen-bond acceptors (Lipinski definition) is 4. The fourth-order valence-electron chi connectivity index (χ4n) is 2.51. The molecule has 3 rings (SSSR count). The molecule has 0 fully saturated rings. The maximum Gasteiger partial charge on any atom is 0.343 e. The molecular formula is C22H15Br2ClN2O3. The lowest BCUT2D eigenvalue weighted by Gasteiger charge is -2.10. The zero-order valence-corrected chi connectivity index (χ0v) is 19.4. The van der Waals surface area contributed by atoms with Crippen molar-refractivity contribution in [3.63, 3.8) is 0 Å². The number of esters is 1. The van der Waals surface area contributed by atoms with Gasteiger partial charge in [0, 0.05) is 15.1 Å². The lowest BCUT2D eigenvalue weighted by Crippen LogP contribution is -2.19. The summed E-state index contributed by atoms with van der Waals surface area (Å²) in [7, 11) is 0. The van der Waals surface area contributed by atoms with Crippen molar-refractivity contribution >= 4 is 61.6 Å². The Morgan fingerprint density at radius 2 is 1.73 bits per heavy atom. The van der Waals surface area contributed by atoms with Gasteiger partial charge in [-0.25, -0.2) is 10.2 Å². The Labute approximate surface area is 195 Å². The van der Waals surface area contributed by atoms with Gasteiger partial charge in [0.15, 0.2) is 5.75 Å². The van der Waals surface area contributed by atoms with Crippen molar-refractivity contribution in [3.05, 3.63) is 97.4 Å². The molecule has 0 heterocycles. The third-order valence-corrected chi connectivity index (χ3v) is 5.21. The number of hydrazone groups is 1. The second-order valence-corrected chi connectivity index (χ2v) is 8.36. The minimum absolute atomic E-state index is 0.159. The maximum absolute atomic E-state index is 12.4. The molecule has 3 aromatic rings. The smallest absolute Gasteiger partial charge is 0.343 e. The summed E-state index contributed by atoms with van der Waals surface area (Å²) in [5.41, 5.74) is 4.22. The highest BCUT2D eigenvalue weighted by molar-refractivity contribution is 9.11. The number of carbonyl (C=O) groups is 2. The van der Waals surface area contributed by atoms with Crippen molar-refractivity contribution in [1.82, 2.24) is 5.43 Å². The topological polar surface area (TPSA) is 67.8 Å². The summed E-state index contributed by atoms with van der Waals surface area (Å²) in [5, 5.41) is 4.60. The molecule has 0 spiro atoms. The third-order valence-electron chi connectivity index (χ3n) is 3.91. The Balaban J connectivity index is 1.72. The van der Waals surface area contributed by atoms with Crippen LogP contribution < -0.4 is 10.2 Å². The van der Waals surface area contributed by atoms with E-state index in [1.54, 1.807) is 60.7 Å². The number of nitrogens with zero attached hydrogens (tertiary/aromatic N) is 1. The lowest BCUT2D eigenvalue weighted by molar-refractivity contribution is -0.120. The van der Waals surface area contributed by atoms with Crippen molar-refractivity contribution in [2.24, 2.45) is 5.10 Å². The molecule has 1 amide bonds. The number of nitrogens with one attached hydrogen (secondary N) is 1. The Kier molecular flexibility index (Phi) is 7.79. The number of hydrogen-bond donors (Lipinski definition) is 1. The highest BCUT2D eigenvalue weighted by Crippen LogP contribution is 2.32. The molecule has 0 atom stereocenters. The van der Waals surface area contributed by atoms with E-state index in [1.165, 1.54) is 6.21 Å². The standard InChI is InChI=1S/C22H15Br2ClN2O3/c23-17-11-16(13-26-27-20(28)10-14-6-8-18(25)9-7-14)21(19(24)12-17)30-22(29)15-4-2-1-3-5-15/h1-9,11-13H,10H2,(H,27,28). The normalized spacial score (nSPS) is 10.8. The zero-order chi connectivity index (χ0) is 21.5. The predicted octanol–water partition coefficient (Wildman–Crippen LogP) is 5.78. The minimum Gasteiger partial charge on any atom is -0.421 e. The van der Waals surface area contributed by atoms with E-state index < -0.39 is 5.97 Å². The molecular weight excluding hydrogens is 536 g/mol. The number of ether oxygens (including phenoxy) is 1. The average molecular weight is 551 g/mol. The van der Waals surface area contributed by atoms with Crippen molar-refractivity contribution in [3.8, 4) is 5.75 Å². The first-order chi connectivity index (χ1) is 14.4. The minimum atomic E-state index is -0.500. The van der Waals surface area contributed by atoms with Crippen LogP contribution in [0.15, 0.2) is 80.8 Å². The van der Waals surface area contributed by atoms with E-state index in [2.05, 4.69) is 42.4 Å². The molecule has 0 aliphatic carbocycles. The number of carbonyl (C=O) groups excluding carboxylic acids is 2. The number of halogens is 3. The highest BCUT2D eigenvalue weighted by atomic mass is 79.9. The molecule has 8 heteroatoms. The molecule has 0 aliphatic heterocycles. The van der Waals surface area contributed by atoms with Crippen LogP contribution in [0.5, 0.6) is 5.75 Å². The van der Waals surface area contributed by atoms with Gasteiger partial charge in [0.1, 0.15) is 0 Å². The van der Waals surface area contributed by atoms with Gasteiger partial charge in [-0.05, 0) is 57.9 Å². The van der Waals surface area contributed by atoms with Gasteiger partial charge in [-0.1, -0.05) is 57.9 Å². The van der Waals surface area contributed by atoms with E-state index in [4.69, 9.17) is 16.3 Å². The molecule has 30 heavy (non-hydrogen) atoms. The molecule has 0 saturated heterocycles. The fraction of sp³-hybridized carbons (Fsp3) is 0.0455. The first-order valence-corrected chi connectivity index (χ1v) is 10.7. The van der Waals surface area contributed by atoms with Gasteiger partial charge >= 0.3 is 5.97 Å². The van der Waals surface area contributed by atoms with Gasteiger partial charge in [-0.2, -0.15) is 5.10 Å². The molecule has 5 nitrogen and oxygen atoms in total. The summed E-state index contributed by atoms with van der Waals surface area (Å²) >= 11 is 12.6. The van der Waals surface area contributed by atoms with Gasteiger partial charge in [-0.3, -0.25) is 4.79 Å². The van der Waals surface area contributed by atoms with Crippen molar-refractivity contribution < 1.29 is 14.3 Å². The van der Waals surface area contributed by atoms with Gasteiger partial charge in [0.25, 0.3) is 0 Å². The SMILES string of the molecule is O=C(Cc1ccc(Cl)cc1)NN=Cc1cc(Br)cc(Br)c1OC(=O)c1ccccc1. The Hall–Kier alpha value is -2.48. The molecule has 0 saturated carbocycles. The largest absolute Gasteiger partial charge is 0.421 e. The van der Waals surface area contributed by atoms with E-state index in [-0.39, 0.29) is 12.3 Å². The summed E-state index contributed by atoms with van der Waals surface area (Å²) in [6.07, 6.45) is 1.58.